The fourth-order valence-electron chi connectivity index (χ4n) is 2.57. The van der Waals surface area contributed by atoms with Gasteiger partial charge in [0.15, 0.2) is 5.78 Å². The number of hydrogen-bond donors (Lipinski definition) is 0. The van der Waals surface area contributed by atoms with Gasteiger partial charge in [-0.15, -0.1) is 0 Å². The van der Waals surface area contributed by atoms with Crippen LogP contribution in [0, 0.1) is 11.3 Å². The third-order valence-corrected chi connectivity index (χ3v) is 3.02. The Morgan fingerprint density at radius 2 is 1.85 bits per heavy atom. The molecule has 1 aromatic carbocycles. The molecule has 0 spiro atoms. The highest BCUT2D eigenvalue weighted by molar-refractivity contribution is 5.96. The molecule has 0 N–H and O–H groups in total. The third kappa shape index (κ3) is 6.23. The first-order valence-electron chi connectivity index (χ1n) is 7.47. The van der Waals surface area contributed by atoms with E-state index in [-0.39, 0.29) is 17.3 Å². The second-order valence-electron chi connectivity index (χ2n) is 7.19. The molecule has 0 fully saturated rings. The van der Waals surface area contributed by atoms with Crippen LogP contribution in [0.2, 0.25) is 0 Å². The van der Waals surface area contributed by atoms with Crippen molar-refractivity contribution in [2.24, 2.45) is 11.3 Å². The Morgan fingerprint density at radius 1 is 1.20 bits per heavy atom. The van der Waals surface area contributed by atoms with Gasteiger partial charge in [0.1, 0.15) is 5.75 Å². The molecule has 0 aromatic heterocycles. The Balaban J connectivity index is 2.68. The summed E-state index contributed by atoms with van der Waals surface area (Å²) < 4.78 is 5.64. The highest BCUT2D eigenvalue weighted by Gasteiger charge is 2.18. The van der Waals surface area contributed by atoms with Gasteiger partial charge in [0.25, 0.3) is 0 Å². The monoisotopic (exact) mass is 276 g/mol. The van der Waals surface area contributed by atoms with Crippen LogP contribution in [0.25, 0.3) is 0 Å². The fourth-order valence-corrected chi connectivity index (χ4v) is 2.57. The van der Waals surface area contributed by atoms with Gasteiger partial charge < -0.3 is 4.74 Å². The number of carbonyl (C=O) groups excluding carboxylic acids is 1. The molecule has 20 heavy (non-hydrogen) atoms. The first-order valence-corrected chi connectivity index (χ1v) is 7.47. The summed E-state index contributed by atoms with van der Waals surface area (Å²) in [6, 6.07) is 7.51. The van der Waals surface area contributed by atoms with Crippen molar-refractivity contribution < 1.29 is 9.53 Å². The predicted octanol–water partition coefficient (Wildman–Crippen LogP) is 5.12. The van der Waals surface area contributed by atoms with E-state index in [0.717, 1.165) is 17.7 Å². The molecule has 0 bridgehead atoms. The van der Waals surface area contributed by atoms with E-state index in [4.69, 9.17) is 4.74 Å². The topological polar surface area (TPSA) is 26.3 Å². The van der Waals surface area contributed by atoms with E-state index >= 15 is 0 Å². The number of hydrogen-bond acceptors (Lipinski definition) is 2. The van der Waals surface area contributed by atoms with Crippen LogP contribution in [0.5, 0.6) is 5.75 Å². The van der Waals surface area contributed by atoms with Crippen LogP contribution < -0.4 is 4.74 Å². The molecular formula is C18H28O2. The molecular weight excluding hydrogens is 248 g/mol. The summed E-state index contributed by atoms with van der Waals surface area (Å²) in [5.74, 6) is 1.38. The summed E-state index contributed by atoms with van der Waals surface area (Å²) >= 11 is 0. The highest BCUT2D eigenvalue weighted by atomic mass is 16.5. The minimum Gasteiger partial charge on any atom is -0.491 e. The number of benzene rings is 1. The minimum atomic E-state index is 0.125. The second kappa shape index (κ2) is 6.92. The van der Waals surface area contributed by atoms with Crippen LogP contribution >= 0.6 is 0 Å². The Kier molecular flexibility index (Phi) is 5.79. The van der Waals surface area contributed by atoms with Gasteiger partial charge in [0.05, 0.1) is 6.10 Å². The molecule has 0 aliphatic rings. The summed E-state index contributed by atoms with van der Waals surface area (Å²) in [5.41, 5.74) is 1.02. The van der Waals surface area contributed by atoms with Crippen molar-refractivity contribution in [3.8, 4) is 5.75 Å². The highest BCUT2D eigenvalue weighted by Crippen LogP contribution is 2.27. The summed E-state index contributed by atoms with van der Waals surface area (Å²) in [6.07, 6.45) is 1.78. The van der Waals surface area contributed by atoms with Gasteiger partial charge in [0, 0.05) is 12.0 Å². The molecule has 0 amide bonds. The van der Waals surface area contributed by atoms with Crippen molar-refractivity contribution in [2.45, 2.75) is 60.5 Å². The van der Waals surface area contributed by atoms with E-state index in [1.807, 2.05) is 38.1 Å². The molecule has 1 rings (SSSR count). The predicted molar refractivity (Wildman–Crippen MR) is 84.4 cm³/mol. The Morgan fingerprint density at radius 3 is 2.40 bits per heavy atom. The van der Waals surface area contributed by atoms with Crippen LogP contribution in [0.3, 0.4) is 0 Å². The van der Waals surface area contributed by atoms with E-state index in [1.165, 1.54) is 0 Å². The van der Waals surface area contributed by atoms with E-state index in [0.29, 0.717) is 12.3 Å². The van der Waals surface area contributed by atoms with Crippen LogP contribution in [0.1, 0.15) is 64.7 Å². The van der Waals surface area contributed by atoms with E-state index in [9.17, 15) is 4.79 Å². The fraction of sp³-hybridized carbons (Fsp3) is 0.611. The summed E-state index contributed by atoms with van der Waals surface area (Å²) in [4.78, 5) is 12.3. The molecule has 0 saturated carbocycles. The molecule has 0 saturated heterocycles. The average molecular weight is 276 g/mol. The summed E-state index contributed by atoms with van der Waals surface area (Å²) in [5, 5.41) is 0. The lowest BCUT2D eigenvalue weighted by Crippen LogP contribution is -2.14. The van der Waals surface area contributed by atoms with Crippen molar-refractivity contribution in [3.63, 3.8) is 0 Å². The molecule has 0 aliphatic carbocycles. The standard InChI is InChI=1S/C18H28O2/c1-13(2)20-16-9-7-8-15(11-16)17(19)10-14(3)12-18(4,5)6/h7-9,11,13-14H,10,12H2,1-6H3. The molecule has 1 aromatic rings. The molecule has 0 aliphatic heterocycles. The van der Waals surface area contributed by atoms with E-state index in [2.05, 4.69) is 27.7 Å². The molecule has 112 valence electrons. The van der Waals surface area contributed by atoms with Gasteiger partial charge in [-0.2, -0.15) is 0 Å². The smallest absolute Gasteiger partial charge is 0.163 e. The van der Waals surface area contributed by atoms with E-state index in [1.54, 1.807) is 0 Å². The Labute approximate surface area is 123 Å². The van der Waals surface area contributed by atoms with Gasteiger partial charge in [0.2, 0.25) is 0 Å². The van der Waals surface area contributed by atoms with Gasteiger partial charge in [-0.3, -0.25) is 4.79 Å². The van der Waals surface area contributed by atoms with Gasteiger partial charge in [-0.05, 0) is 43.7 Å². The molecule has 0 heterocycles. The first kappa shape index (κ1) is 16.7. The first-order chi connectivity index (χ1) is 9.17. The second-order valence-corrected chi connectivity index (χ2v) is 7.19. The molecule has 1 unspecified atom stereocenters. The zero-order valence-electron chi connectivity index (χ0n) is 13.7. The maximum atomic E-state index is 12.3. The largest absolute Gasteiger partial charge is 0.491 e. The third-order valence-electron chi connectivity index (χ3n) is 3.02. The van der Waals surface area contributed by atoms with Gasteiger partial charge >= 0.3 is 0 Å². The number of ether oxygens (including phenoxy) is 1. The zero-order chi connectivity index (χ0) is 15.3. The van der Waals surface area contributed by atoms with Crippen molar-refractivity contribution in [1.29, 1.82) is 0 Å². The molecule has 0 radical (unpaired) electrons. The van der Waals surface area contributed by atoms with Crippen molar-refractivity contribution in [3.05, 3.63) is 29.8 Å². The summed E-state index contributed by atoms with van der Waals surface area (Å²) in [7, 11) is 0. The van der Waals surface area contributed by atoms with Gasteiger partial charge in [-0.25, -0.2) is 0 Å². The van der Waals surface area contributed by atoms with Crippen LogP contribution in [0.15, 0.2) is 24.3 Å². The number of carbonyl (C=O) groups is 1. The Bertz CT molecular complexity index is 441. The Hall–Kier alpha value is -1.31. The lowest BCUT2D eigenvalue weighted by Gasteiger charge is -2.22. The average Bonchev–Trinajstić information content (AvgIpc) is 2.25. The number of ketones is 1. The summed E-state index contributed by atoms with van der Waals surface area (Å²) in [6.45, 7) is 12.8. The van der Waals surface area contributed by atoms with Crippen molar-refractivity contribution >= 4 is 5.78 Å². The molecule has 1 atom stereocenters. The van der Waals surface area contributed by atoms with E-state index < -0.39 is 0 Å². The normalized spacial score (nSPS) is 13.3. The van der Waals surface area contributed by atoms with Crippen molar-refractivity contribution in [2.75, 3.05) is 0 Å². The maximum absolute atomic E-state index is 12.3. The van der Waals surface area contributed by atoms with Crippen molar-refractivity contribution in [1.82, 2.24) is 0 Å². The van der Waals surface area contributed by atoms with Crippen LogP contribution in [-0.4, -0.2) is 11.9 Å². The molecule has 2 nitrogen and oxygen atoms in total. The molecule has 2 heteroatoms. The lowest BCUT2D eigenvalue weighted by atomic mass is 9.83. The number of rotatable bonds is 6. The van der Waals surface area contributed by atoms with Crippen LogP contribution in [-0.2, 0) is 0 Å². The zero-order valence-corrected chi connectivity index (χ0v) is 13.7. The quantitative estimate of drug-likeness (QED) is 0.674. The van der Waals surface area contributed by atoms with Crippen LogP contribution in [0.4, 0.5) is 0 Å². The minimum absolute atomic E-state index is 0.125. The van der Waals surface area contributed by atoms with Gasteiger partial charge in [-0.1, -0.05) is 39.8 Å². The lowest BCUT2D eigenvalue weighted by molar-refractivity contribution is 0.0953. The maximum Gasteiger partial charge on any atom is 0.163 e. The SMILES string of the molecule is CC(CC(=O)c1cccc(OC(C)C)c1)CC(C)(C)C. The number of Topliss-reactive ketones (excluding diaryl/α,β-unsaturated/α-hetero) is 1.